The third kappa shape index (κ3) is 2.48. The van der Waals surface area contributed by atoms with Crippen LogP contribution in [0.4, 0.5) is 0 Å². The summed E-state index contributed by atoms with van der Waals surface area (Å²) in [6.45, 7) is 2.37. The van der Waals surface area contributed by atoms with Crippen molar-refractivity contribution < 1.29 is 20.3 Å². The van der Waals surface area contributed by atoms with Gasteiger partial charge in [-0.3, -0.25) is 0 Å². The summed E-state index contributed by atoms with van der Waals surface area (Å²) in [7, 11) is -0.537. The third-order valence-electron chi connectivity index (χ3n) is 4.81. The predicted molar refractivity (Wildman–Crippen MR) is 93.8 cm³/mol. The standard InChI is InChI=1S/C20H19Si.Li.H/c1-2-21(19-13-11-15-7-3-5-9-17(15)19)20-14-12-16-8-4-6-10-18(16)20;;/h3-14,19-20H,2H2,1H3;;/q;+1;-1. The molecule has 0 amide bonds. The number of fused-ring (bicyclic) bond motifs is 2. The number of allylic oxidation sites excluding steroid dienone is 2. The molecule has 0 aliphatic heterocycles. The summed E-state index contributed by atoms with van der Waals surface area (Å²) in [5.41, 5.74) is 7.24. The Morgan fingerprint density at radius 3 is 1.73 bits per heavy atom. The molecule has 0 saturated carbocycles. The first-order chi connectivity index (χ1) is 10.4. The number of hydrogen-bond donors (Lipinski definition) is 0. The average molecular weight is 295 g/mol. The van der Waals surface area contributed by atoms with E-state index < -0.39 is 8.80 Å². The summed E-state index contributed by atoms with van der Waals surface area (Å²) in [5.74, 6) is 0. The molecule has 2 heteroatoms. The molecule has 2 aromatic rings. The van der Waals surface area contributed by atoms with E-state index >= 15 is 0 Å². The van der Waals surface area contributed by atoms with Crippen molar-refractivity contribution in [3.05, 3.63) is 82.9 Å². The summed E-state index contributed by atoms with van der Waals surface area (Å²) in [6, 6.07) is 19.1. The molecule has 105 valence electrons. The summed E-state index contributed by atoms with van der Waals surface area (Å²) >= 11 is 0. The van der Waals surface area contributed by atoms with Gasteiger partial charge in [0, 0.05) is 0 Å². The van der Waals surface area contributed by atoms with E-state index in [-0.39, 0.29) is 20.3 Å². The Bertz CT molecular complexity index is 676. The minimum atomic E-state index is -0.537. The van der Waals surface area contributed by atoms with E-state index in [1.165, 1.54) is 17.2 Å². The summed E-state index contributed by atoms with van der Waals surface area (Å²) < 4.78 is 0. The molecule has 0 fully saturated rings. The fourth-order valence-electron chi connectivity index (χ4n) is 3.78. The van der Waals surface area contributed by atoms with Gasteiger partial charge in [0.25, 0.3) is 0 Å². The van der Waals surface area contributed by atoms with Gasteiger partial charge < -0.3 is 1.43 Å². The van der Waals surface area contributed by atoms with Crippen molar-refractivity contribution in [1.29, 1.82) is 0 Å². The van der Waals surface area contributed by atoms with Gasteiger partial charge in [0.1, 0.15) is 0 Å². The third-order valence-corrected chi connectivity index (χ3v) is 8.23. The first kappa shape index (κ1) is 15.6. The molecule has 2 aliphatic rings. The van der Waals surface area contributed by atoms with Crippen molar-refractivity contribution in [2.75, 3.05) is 0 Å². The second-order valence-corrected chi connectivity index (χ2v) is 8.96. The number of hydrogen-bond acceptors (Lipinski definition) is 0. The second-order valence-electron chi connectivity index (χ2n) is 5.86. The summed E-state index contributed by atoms with van der Waals surface area (Å²) in [4.78, 5) is 0. The van der Waals surface area contributed by atoms with Crippen molar-refractivity contribution >= 4 is 20.9 Å². The summed E-state index contributed by atoms with van der Waals surface area (Å²) in [5, 5.41) is 0. The monoisotopic (exact) mass is 295 g/mol. The Hall–Kier alpha value is -1.27. The first-order valence-corrected chi connectivity index (χ1v) is 9.64. The van der Waals surface area contributed by atoms with Crippen LogP contribution in [0, 0.1) is 0 Å². The molecule has 2 aromatic carbocycles. The molecule has 4 rings (SSSR count). The van der Waals surface area contributed by atoms with E-state index in [0.29, 0.717) is 11.1 Å². The molecule has 0 nitrogen and oxygen atoms in total. The Balaban J connectivity index is 0.000000960. The number of benzene rings is 2. The molecule has 0 bridgehead atoms. The van der Waals surface area contributed by atoms with E-state index in [0.717, 1.165) is 0 Å². The SMILES string of the molecule is CC[Si](C1C=Cc2ccccc21)C1C=Cc2ccccc21.[H-].[Li+]. The zero-order valence-electron chi connectivity index (χ0n) is 14.3. The molecule has 0 N–H and O–H groups in total. The largest absolute Gasteiger partial charge is 1.00 e. The molecule has 22 heavy (non-hydrogen) atoms. The maximum atomic E-state index is 2.46. The Labute approximate surface area is 148 Å². The molecular formula is C20H20LiSi. The Morgan fingerprint density at radius 2 is 1.27 bits per heavy atom. The van der Waals surface area contributed by atoms with Crippen LogP contribution in [0.15, 0.2) is 60.7 Å². The van der Waals surface area contributed by atoms with Gasteiger partial charge in [-0.1, -0.05) is 85.8 Å². The van der Waals surface area contributed by atoms with Gasteiger partial charge in [0.15, 0.2) is 0 Å². The van der Waals surface area contributed by atoms with Crippen molar-refractivity contribution in [2.24, 2.45) is 0 Å². The minimum Gasteiger partial charge on any atom is -1.00 e. The van der Waals surface area contributed by atoms with E-state index in [4.69, 9.17) is 0 Å². The van der Waals surface area contributed by atoms with Gasteiger partial charge >= 0.3 is 18.9 Å². The van der Waals surface area contributed by atoms with Crippen LogP contribution in [-0.4, -0.2) is 8.80 Å². The zero-order chi connectivity index (χ0) is 14.2. The van der Waals surface area contributed by atoms with E-state index in [1.807, 2.05) is 0 Å². The van der Waals surface area contributed by atoms with Gasteiger partial charge in [-0.05, 0) is 33.3 Å². The Morgan fingerprint density at radius 1 is 0.818 bits per heavy atom. The van der Waals surface area contributed by atoms with Crippen LogP contribution >= 0.6 is 0 Å². The molecule has 0 spiro atoms. The fourth-order valence-corrected chi connectivity index (χ4v) is 7.06. The maximum Gasteiger partial charge on any atom is 1.00 e. The van der Waals surface area contributed by atoms with Crippen LogP contribution < -0.4 is 18.9 Å². The van der Waals surface area contributed by atoms with E-state index in [9.17, 15) is 0 Å². The quantitative estimate of drug-likeness (QED) is 0.762. The smallest absolute Gasteiger partial charge is 1.00 e. The van der Waals surface area contributed by atoms with Gasteiger partial charge in [0.05, 0.1) is 8.80 Å². The van der Waals surface area contributed by atoms with Crippen LogP contribution in [0.3, 0.4) is 0 Å². The molecule has 2 unspecified atom stereocenters. The fraction of sp³-hybridized carbons (Fsp3) is 0.200. The molecule has 0 saturated heterocycles. The molecule has 0 heterocycles. The van der Waals surface area contributed by atoms with Crippen molar-refractivity contribution in [2.45, 2.75) is 24.1 Å². The summed E-state index contributed by atoms with van der Waals surface area (Å²) in [6.07, 6.45) is 9.56. The second kappa shape index (κ2) is 6.46. The molecular weight excluding hydrogens is 275 g/mol. The van der Waals surface area contributed by atoms with Crippen molar-refractivity contribution in [1.82, 2.24) is 0 Å². The molecule has 0 aromatic heterocycles. The first-order valence-electron chi connectivity index (χ1n) is 7.78. The average Bonchev–Trinajstić information content (AvgIpc) is 3.14. The number of rotatable bonds is 3. The van der Waals surface area contributed by atoms with Crippen LogP contribution in [0.1, 0.15) is 41.7 Å². The zero-order valence-corrected chi connectivity index (χ0v) is 14.3. The van der Waals surface area contributed by atoms with Crippen LogP contribution in [0.2, 0.25) is 6.04 Å². The van der Waals surface area contributed by atoms with Crippen LogP contribution in [0.5, 0.6) is 0 Å². The molecule has 2 atom stereocenters. The van der Waals surface area contributed by atoms with E-state index in [2.05, 4.69) is 79.8 Å². The van der Waals surface area contributed by atoms with Gasteiger partial charge in [-0.2, -0.15) is 0 Å². The Kier molecular flexibility index (Phi) is 4.59. The van der Waals surface area contributed by atoms with Crippen LogP contribution in [0.25, 0.3) is 12.2 Å². The predicted octanol–water partition coefficient (Wildman–Crippen LogP) is 2.32. The topological polar surface area (TPSA) is 0 Å². The van der Waals surface area contributed by atoms with Crippen molar-refractivity contribution in [3.8, 4) is 0 Å². The minimum absolute atomic E-state index is 0. The molecule has 1 radical (unpaired) electrons. The van der Waals surface area contributed by atoms with Crippen molar-refractivity contribution in [3.63, 3.8) is 0 Å². The molecule has 2 aliphatic carbocycles. The van der Waals surface area contributed by atoms with Gasteiger partial charge in [0.2, 0.25) is 0 Å². The van der Waals surface area contributed by atoms with Gasteiger partial charge in [-0.15, -0.1) is 0 Å². The maximum absolute atomic E-state index is 2.46. The van der Waals surface area contributed by atoms with Gasteiger partial charge in [-0.25, -0.2) is 0 Å². The van der Waals surface area contributed by atoms with E-state index in [1.54, 1.807) is 11.1 Å². The van der Waals surface area contributed by atoms with Crippen LogP contribution in [-0.2, 0) is 0 Å². The normalized spacial score (nSPS) is 20.8.